The summed E-state index contributed by atoms with van der Waals surface area (Å²) in [6.07, 6.45) is 6.71. The summed E-state index contributed by atoms with van der Waals surface area (Å²) in [7, 11) is 1.45. The van der Waals surface area contributed by atoms with Crippen LogP contribution in [0.2, 0.25) is 0 Å². The van der Waals surface area contributed by atoms with Crippen LogP contribution in [0.5, 0.6) is 0 Å². The number of carbonyl (C=O) groups excluding carboxylic acids is 1. The number of carbonyl (C=O) groups is 1. The average Bonchev–Trinajstić information content (AvgIpc) is 2.46. The Hall–Kier alpha value is -0.870. The largest absolute Gasteiger partial charge is 0.469 e. The zero-order valence-electron chi connectivity index (χ0n) is 13.6. The molecule has 0 atom stereocenters. The molecule has 0 aromatic rings. The predicted octanol–water partition coefficient (Wildman–Crippen LogP) is 3.46. The molecule has 0 unspecified atom stereocenters. The van der Waals surface area contributed by atoms with E-state index in [-0.39, 0.29) is 16.8 Å². The Kier molecular flexibility index (Phi) is 4.79. The van der Waals surface area contributed by atoms with Crippen molar-refractivity contribution < 1.29 is 19.0 Å². The maximum absolute atomic E-state index is 11.7. The highest BCUT2D eigenvalue weighted by Crippen LogP contribution is 2.49. The lowest BCUT2D eigenvalue weighted by molar-refractivity contribution is -0.316. The SMILES string of the molecule is C=CCC1(CC(=O)OC)CCC2(CC1)OCC(C)(C)CO2. The maximum atomic E-state index is 11.7. The van der Waals surface area contributed by atoms with Gasteiger partial charge < -0.3 is 14.2 Å². The molecule has 0 aromatic carbocycles. The van der Waals surface area contributed by atoms with Crippen molar-refractivity contribution in [3.05, 3.63) is 12.7 Å². The summed E-state index contributed by atoms with van der Waals surface area (Å²) in [5.74, 6) is -0.574. The lowest BCUT2D eigenvalue weighted by Gasteiger charge is -2.49. The van der Waals surface area contributed by atoms with Crippen molar-refractivity contribution in [2.75, 3.05) is 20.3 Å². The first-order chi connectivity index (χ1) is 9.84. The monoisotopic (exact) mass is 296 g/mol. The minimum Gasteiger partial charge on any atom is -0.469 e. The summed E-state index contributed by atoms with van der Waals surface area (Å²) in [5.41, 5.74) is 0.0483. The zero-order chi connectivity index (χ0) is 15.6. The average molecular weight is 296 g/mol. The van der Waals surface area contributed by atoms with Crippen molar-refractivity contribution in [1.29, 1.82) is 0 Å². The molecule has 0 bridgehead atoms. The molecule has 2 rings (SSSR count). The molecule has 0 radical (unpaired) electrons. The van der Waals surface area contributed by atoms with Gasteiger partial charge in [-0.2, -0.15) is 0 Å². The molecule has 1 aliphatic heterocycles. The number of rotatable bonds is 4. The number of methoxy groups -OCH3 is 1. The number of hydrogen-bond donors (Lipinski definition) is 0. The Balaban J connectivity index is 1.99. The first kappa shape index (κ1) is 16.5. The van der Waals surface area contributed by atoms with Crippen LogP contribution < -0.4 is 0 Å². The van der Waals surface area contributed by atoms with Gasteiger partial charge in [0, 0.05) is 18.3 Å². The fraction of sp³-hybridized carbons (Fsp3) is 0.824. The maximum Gasteiger partial charge on any atom is 0.306 e. The van der Waals surface area contributed by atoms with Crippen molar-refractivity contribution >= 4 is 5.97 Å². The first-order valence-corrected chi connectivity index (χ1v) is 7.80. The van der Waals surface area contributed by atoms with E-state index in [2.05, 4.69) is 20.4 Å². The summed E-state index contributed by atoms with van der Waals surface area (Å²) in [4.78, 5) is 11.7. The summed E-state index contributed by atoms with van der Waals surface area (Å²) < 4.78 is 17.0. The van der Waals surface area contributed by atoms with Crippen LogP contribution in [-0.4, -0.2) is 32.1 Å². The molecule has 0 aromatic heterocycles. The van der Waals surface area contributed by atoms with Gasteiger partial charge in [0.15, 0.2) is 5.79 Å². The van der Waals surface area contributed by atoms with Crippen LogP contribution in [0.1, 0.15) is 52.4 Å². The zero-order valence-corrected chi connectivity index (χ0v) is 13.6. The Bertz CT molecular complexity index is 380. The van der Waals surface area contributed by atoms with Crippen LogP contribution in [0.15, 0.2) is 12.7 Å². The third kappa shape index (κ3) is 3.86. The number of allylic oxidation sites excluding steroid dienone is 1. The number of ether oxygens (including phenoxy) is 3. The normalized spacial score (nSPS) is 26.2. The Morgan fingerprint density at radius 1 is 1.19 bits per heavy atom. The lowest BCUT2D eigenvalue weighted by atomic mass is 9.67. The van der Waals surface area contributed by atoms with Gasteiger partial charge >= 0.3 is 5.97 Å². The minimum atomic E-state index is -0.434. The molecule has 0 N–H and O–H groups in total. The van der Waals surface area contributed by atoms with E-state index in [1.54, 1.807) is 0 Å². The quantitative estimate of drug-likeness (QED) is 0.589. The van der Waals surface area contributed by atoms with E-state index < -0.39 is 5.79 Å². The van der Waals surface area contributed by atoms with Crippen LogP contribution in [0.25, 0.3) is 0 Å². The topological polar surface area (TPSA) is 44.8 Å². The van der Waals surface area contributed by atoms with Gasteiger partial charge in [0.2, 0.25) is 0 Å². The molecule has 1 saturated heterocycles. The second-order valence-corrected chi connectivity index (χ2v) is 7.40. The standard InChI is InChI=1S/C17H28O4/c1-5-6-16(11-14(18)19-4)7-9-17(10-8-16)20-12-15(2,3)13-21-17/h5H,1,6-13H2,2-4H3. The Labute approximate surface area is 127 Å². The van der Waals surface area contributed by atoms with Gasteiger partial charge in [0.05, 0.1) is 26.7 Å². The van der Waals surface area contributed by atoms with Crippen LogP contribution in [-0.2, 0) is 19.0 Å². The lowest BCUT2D eigenvalue weighted by Crippen LogP contribution is -2.51. The predicted molar refractivity (Wildman–Crippen MR) is 80.8 cm³/mol. The van der Waals surface area contributed by atoms with Crippen LogP contribution >= 0.6 is 0 Å². The van der Waals surface area contributed by atoms with E-state index in [4.69, 9.17) is 14.2 Å². The van der Waals surface area contributed by atoms with E-state index in [1.165, 1.54) is 7.11 Å². The molecule has 2 fully saturated rings. The van der Waals surface area contributed by atoms with Gasteiger partial charge in [0.1, 0.15) is 0 Å². The van der Waals surface area contributed by atoms with Crippen LogP contribution in [0.3, 0.4) is 0 Å². The highest BCUT2D eigenvalue weighted by molar-refractivity contribution is 5.70. The fourth-order valence-electron chi connectivity index (χ4n) is 3.32. The van der Waals surface area contributed by atoms with Gasteiger partial charge in [-0.05, 0) is 24.7 Å². The summed E-state index contributed by atoms with van der Waals surface area (Å²) in [5, 5.41) is 0. The summed E-state index contributed by atoms with van der Waals surface area (Å²) in [6, 6.07) is 0. The van der Waals surface area contributed by atoms with Gasteiger partial charge in [-0.25, -0.2) is 0 Å². The molecule has 1 aliphatic carbocycles. The number of esters is 1. The van der Waals surface area contributed by atoms with Crippen molar-refractivity contribution in [2.45, 2.75) is 58.2 Å². The first-order valence-electron chi connectivity index (χ1n) is 7.80. The van der Waals surface area contributed by atoms with E-state index in [0.29, 0.717) is 6.42 Å². The van der Waals surface area contributed by atoms with Gasteiger partial charge in [-0.1, -0.05) is 19.9 Å². The van der Waals surface area contributed by atoms with E-state index in [1.807, 2.05) is 6.08 Å². The fourth-order valence-corrected chi connectivity index (χ4v) is 3.32. The van der Waals surface area contributed by atoms with E-state index in [9.17, 15) is 4.79 Å². The van der Waals surface area contributed by atoms with Crippen LogP contribution in [0, 0.1) is 10.8 Å². The molecule has 1 spiro atoms. The number of hydrogen-bond acceptors (Lipinski definition) is 4. The highest BCUT2D eigenvalue weighted by atomic mass is 16.7. The molecule has 1 saturated carbocycles. The Morgan fingerprint density at radius 3 is 2.24 bits per heavy atom. The van der Waals surface area contributed by atoms with Crippen LogP contribution in [0.4, 0.5) is 0 Å². The molecule has 0 amide bonds. The summed E-state index contributed by atoms with van der Waals surface area (Å²) >= 11 is 0. The Morgan fingerprint density at radius 2 is 1.76 bits per heavy atom. The molecular formula is C17H28O4. The van der Waals surface area contributed by atoms with Gasteiger partial charge in [-0.15, -0.1) is 6.58 Å². The summed E-state index contributed by atoms with van der Waals surface area (Å²) in [6.45, 7) is 9.62. The second kappa shape index (κ2) is 6.09. The highest BCUT2D eigenvalue weighted by Gasteiger charge is 2.47. The third-order valence-corrected chi connectivity index (χ3v) is 4.85. The third-order valence-electron chi connectivity index (χ3n) is 4.85. The van der Waals surface area contributed by atoms with Gasteiger partial charge in [0.25, 0.3) is 0 Å². The van der Waals surface area contributed by atoms with Crippen molar-refractivity contribution in [3.63, 3.8) is 0 Å². The smallest absolute Gasteiger partial charge is 0.306 e. The van der Waals surface area contributed by atoms with Crippen molar-refractivity contribution in [2.24, 2.45) is 10.8 Å². The van der Waals surface area contributed by atoms with Crippen molar-refractivity contribution in [3.8, 4) is 0 Å². The van der Waals surface area contributed by atoms with E-state index >= 15 is 0 Å². The molecule has 21 heavy (non-hydrogen) atoms. The molecule has 4 heteroatoms. The molecule has 4 nitrogen and oxygen atoms in total. The van der Waals surface area contributed by atoms with Gasteiger partial charge in [-0.3, -0.25) is 4.79 Å². The minimum absolute atomic E-state index is 0.0419. The van der Waals surface area contributed by atoms with E-state index in [0.717, 1.165) is 45.3 Å². The molecule has 120 valence electrons. The second-order valence-electron chi connectivity index (χ2n) is 7.40. The van der Waals surface area contributed by atoms with Crippen molar-refractivity contribution in [1.82, 2.24) is 0 Å². The molecular weight excluding hydrogens is 268 g/mol. The molecule has 2 aliphatic rings. The molecule has 1 heterocycles.